The number of hydrogen-bond donors (Lipinski definition) is 3. The van der Waals surface area contributed by atoms with Gasteiger partial charge in [-0.3, -0.25) is 0 Å². The lowest BCUT2D eigenvalue weighted by molar-refractivity contribution is 0.469. The van der Waals surface area contributed by atoms with E-state index in [0.717, 1.165) is 33.4 Å². The smallest absolute Gasteiger partial charge is 0.115 e. The van der Waals surface area contributed by atoms with Crippen LogP contribution in [0.1, 0.15) is 45.2 Å². The van der Waals surface area contributed by atoms with Gasteiger partial charge in [-0.2, -0.15) is 0 Å². The Hall–Kier alpha value is -2.94. The molecular weight excluding hydrogens is 288 g/mol. The molecule has 0 heterocycles. The van der Waals surface area contributed by atoms with Crippen molar-refractivity contribution in [3.05, 3.63) is 88.0 Å². The van der Waals surface area contributed by atoms with Crippen molar-refractivity contribution in [1.82, 2.24) is 0 Å². The van der Waals surface area contributed by atoms with Crippen LogP contribution < -0.4 is 0 Å². The lowest BCUT2D eigenvalue weighted by Crippen LogP contribution is -2.27. The van der Waals surface area contributed by atoms with E-state index < -0.39 is 0 Å². The fraction of sp³-hybridized carbons (Fsp3) is 0.100. The second-order valence-electron chi connectivity index (χ2n) is 6.31. The third kappa shape index (κ3) is 1.54. The van der Waals surface area contributed by atoms with Crippen molar-refractivity contribution in [2.75, 3.05) is 0 Å². The van der Waals surface area contributed by atoms with Gasteiger partial charge < -0.3 is 15.3 Å². The summed E-state index contributed by atoms with van der Waals surface area (Å²) in [6, 6.07) is 16.5. The summed E-state index contributed by atoms with van der Waals surface area (Å²) in [5.41, 5.74) is 6.70. The van der Waals surface area contributed by atoms with Crippen LogP contribution in [0.2, 0.25) is 0 Å². The van der Waals surface area contributed by atoms with Gasteiger partial charge >= 0.3 is 0 Å². The van der Waals surface area contributed by atoms with E-state index in [4.69, 9.17) is 0 Å². The van der Waals surface area contributed by atoms with Gasteiger partial charge in [-0.1, -0.05) is 18.2 Å². The largest absolute Gasteiger partial charge is 0.508 e. The van der Waals surface area contributed by atoms with Crippen LogP contribution in [0.4, 0.5) is 0 Å². The van der Waals surface area contributed by atoms with E-state index >= 15 is 0 Å². The monoisotopic (exact) mass is 302 g/mol. The summed E-state index contributed by atoms with van der Waals surface area (Å²) in [4.78, 5) is 0. The van der Waals surface area contributed by atoms with E-state index in [0.29, 0.717) is 0 Å². The van der Waals surface area contributed by atoms with Crippen molar-refractivity contribution in [2.24, 2.45) is 0 Å². The molecule has 0 fully saturated rings. The van der Waals surface area contributed by atoms with Gasteiger partial charge in [0.1, 0.15) is 17.2 Å². The minimum Gasteiger partial charge on any atom is -0.508 e. The van der Waals surface area contributed by atoms with Crippen LogP contribution >= 0.6 is 0 Å². The molecule has 3 N–H and O–H groups in total. The Morgan fingerprint density at radius 1 is 0.435 bits per heavy atom. The summed E-state index contributed by atoms with van der Waals surface area (Å²) < 4.78 is 0. The minimum absolute atomic E-state index is 0.0216. The summed E-state index contributed by atoms with van der Waals surface area (Å²) in [5, 5.41) is 29.8. The molecule has 23 heavy (non-hydrogen) atoms. The van der Waals surface area contributed by atoms with E-state index in [2.05, 4.69) is 0 Å². The summed E-state index contributed by atoms with van der Waals surface area (Å²) in [6.07, 6.45) is 0. The number of hydrogen-bond acceptors (Lipinski definition) is 3. The summed E-state index contributed by atoms with van der Waals surface area (Å²) in [6.45, 7) is 0. The maximum absolute atomic E-state index is 9.92. The molecule has 0 unspecified atom stereocenters. The van der Waals surface area contributed by atoms with Gasteiger partial charge in [-0.25, -0.2) is 0 Å². The first kappa shape index (κ1) is 12.6. The molecule has 0 aromatic heterocycles. The van der Waals surface area contributed by atoms with Gasteiger partial charge in [-0.05, 0) is 69.8 Å². The fourth-order valence-corrected chi connectivity index (χ4v) is 4.23. The van der Waals surface area contributed by atoms with Crippen LogP contribution in [0.5, 0.6) is 17.2 Å². The standard InChI is InChI=1S/C20H14O3/c21-10-3-6-15-16(7-10)19-13-4-1-11(22)8-17(13)20(15)18-9-12(23)2-5-14(18)19/h1-9,19-23H. The van der Waals surface area contributed by atoms with Crippen molar-refractivity contribution in [1.29, 1.82) is 0 Å². The topological polar surface area (TPSA) is 60.7 Å². The maximum atomic E-state index is 9.92. The SMILES string of the molecule is Oc1ccc2c(c1)C1c3ccc(O)cc3C2c2cc(O)ccc21. The minimum atomic E-state index is -0.0280. The zero-order valence-corrected chi connectivity index (χ0v) is 12.2. The highest BCUT2D eigenvalue weighted by Gasteiger charge is 2.41. The van der Waals surface area contributed by atoms with Crippen LogP contribution in [0.15, 0.2) is 54.6 Å². The third-order valence-electron chi connectivity index (χ3n) is 5.08. The summed E-state index contributed by atoms with van der Waals surface area (Å²) >= 11 is 0. The van der Waals surface area contributed by atoms with Gasteiger partial charge in [0.15, 0.2) is 0 Å². The zero-order chi connectivity index (χ0) is 15.7. The Labute approximate surface area is 133 Å². The molecule has 0 amide bonds. The number of rotatable bonds is 0. The Balaban J connectivity index is 1.90. The van der Waals surface area contributed by atoms with E-state index in [9.17, 15) is 15.3 Å². The Bertz CT molecular complexity index is 921. The molecule has 0 aliphatic heterocycles. The number of phenols is 3. The number of phenolic OH excluding ortho intramolecular Hbond substituents is 3. The van der Waals surface area contributed by atoms with E-state index in [1.807, 2.05) is 36.4 Å². The molecule has 112 valence electrons. The van der Waals surface area contributed by atoms with E-state index in [1.54, 1.807) is 18.2 Å². The molecule has 0 spiro atoms. The molecule has 2 bridgehead atoms. The molecule has 0 radical (unpaired) electrons. The highest BCUT2D eigenvalue weighted by Crippen LogP contribution is 2.57. The summed E-state index contributed by atoms with van der Waals surface area (Å²) in [5.74, 6) is 0.752. The predicted molar refractivity (Wildman–Crippen MR) is 86.2 cm³/mol. The van der Waals surface area contributed by atoms with Gasteiger partial charge in [0.2, 0.25) is 0 Å². The molecule has 3 aromatic carbocycles. The van der Waals surface area contributed by atoms with Crippen molar-refractivity contribution < 1.29 is 15.3 Å². The van der Waals surface area contributed by atoms with Crippen LogP contribution in [0, 0.1) is 0 Å². The van der Waals surface area contributed by atoms with E-state index in [1.165, 1.54) is 0 Å². The van der Waals surface area contributed by atoms with E-state index in [-0.39, 0.29) is 29.1 Å². The van der Waals surface area contributed by atoms with Gasteiger partial charge in [0, 0.05) is 11.8 Å². The van der Waals surface area contributed by atoms with Crippen molar-refractivity contribution in [3.8, 4) is 17.2 Å². The molecule has 6 rings (SSSR count). The van der Waals surface area contributed by atoms with Crippen molar-refractivity contribution in [2.45, 2.75) is 11.8 Å². The van der Waals surface area contributed by atoms with Crippen molar-refractivity contribution in [3.63, 3.8) is 0 Å². The molecule has 0 saturated carbocycles. The molecule has 3 nitrogen and oxygen atoms in total. The lowest BCUT2D eigenvalue weighted by Gasteiger charge is -2.42. The Morgan fingerprint density at radius 2 is 0.739 bits per heavy atom. The van der Waals surface area contributed by atoms with Gasteiger partial charge in [0.05, 0.1) is 0 Å². The quantitative estimate of drug-likeness (QED) is 0.408. The second-order valence-corrected chi connectivity index (χ2v) is 6.31. The highest BCUT2D eigenvalue weighted by atomic mass is 16.3. The first-order valence-corrected chi connectivity index (χ1v) is 7.62. The fourth-order valence-electron chi connectivity index (χ4n) is 4.23. The first-order chi connectivity index (χ1) is 11.1. The van der Waals surface area contributed by atoms with Crippen LogP contribution in [0.3, 0.4) is 0 Å². The zero-order valence-electron chi connectivity index (χ0n) is 12.2. The molecular formula is C20H14O3. The first-order valence-electron chi connectivity index (χ1n) is 7.62. The van der Waals surface area contributed by atoms with Crippen LogP contribution in [-0.2, 0) is 0 Å². The molecule has 3 aliphatic rings. The Morgan fingerprint density at radius 3 is 1.09 bits per heavy atom. The molecule has 3 aliphatic carbocycles. The molecule has 3 heteroatoms. The molecule has 0 atom stereocenters. The third-order valence-corrected chi connectivity index (χ3v) is 5.08. The van der Waals surface area contributed by atoms with Crippen LogP contribution in [-0.4, -0.2) is 15.3 Å². The number of benzene rings is 3. The maximum Gasteiger partial charge on any atom is 0.115 e. The number of aromatic hydroxyl groups is 3. The Kier molecular flexibility index (Phi) is 2.23. The second kappa shape index (κ2) is 4.07. The molecule has 3 aromatic rings. The molecule has 0 saturated heterocycles. The normalized spacial score (nSPS) is 19.8. The average molecular weight is 302 g/mol. The van der Waals surface area contributed by atoms with Gasteiger partial charge in [-0.15, -0.1) is 0 Å². The van der Waals surface area contributed by atoms with Crippen LogP contribution in [0.25, 0.3) is 0 Å². The highest BCUT2D eigenvalue weighted by molar-refractivity contribution is 5.69. The van der Waals surface area contributed by atoms with Gasteiger partial charge in [0.25, 0.3) is 0 Å². The lowest BCUT2D eigenvalue weighted by atomic mass is 9.61. The summed E-state index contributed by atoms with van der Waals surface area (Å²) in [7, 11) is 0. The van der Waals surface area contributed by atoms with Crippen molar-refractivity contribution >= 4 is 0 Å². The average Bonchev–Trinajstić information content (AvgIpc) is 2.53. The predicted octanol–water partition coefficient (Wildman–Crippen LogP) is 3.79.